The zero-order valence-corrected chi connectivity index (χ0v) is 19.6. The first-order chi connectivity index (χ1) is 15.9. The third-order valence-corrected chi connectivity index (χ3v) is 6.30. The monoisotopic (exact) mass is 472 g/mol. The molecule has 0 unspecified atom stereocenters. The number of fused-ring (bicyclic) bond motifs is 3. The average Bonchev–Trinajstić information content (AvgIpc) is 3.46. The fourth-order valence-corrected chi connectivity index (χ4v) is 4.62. The quantitative estimate of drug-likeness (QED) is 0.451. The third-order valence-electron chi connectivity index (χ3n) is 5.37. The molecule has 11 heteroatoms. The van der Waals surface area contributed by atoms with E-state index in [1.165, 1.54) is 16.3 Å². The van der Waals surface area contributed by atoms with Crippen LogP contribution in [0.3, 0.4) is 0 Å². The summed E-state index contributed by atoms with van der Waals surface area (Å²) in [4.78, 5) is 37.6. The number of carbonyl (C=O) groups is 2. The SMILES string of the molecule is CC(C)NC(=O)CCn1c(=O)c2ccccc2n2c(SCC(=O)NC[C@H]3CCCO3)nnc12. The van der Waals surface area contributed by atoms with Crippen molar-refractivity contribution in [2.24, 2.45) is 0 Å². The number of para-hydroxylation sites is 1. The first-order valence-electron chi connectivity index (χ1n) is 11.1. The zero-order chi connectivity index (χ0) is 23.4. The normalized spacial score (nSPS) is 16.0. The molecule has 10 nitrogen and oxygen atoms in total. The first kappa shape index (κ1) is 23.2. The Morgan fingerprint density at radius 2 is 2.06 bits per heavy atom. The van der Waals surface area contributed by atoms with Crippen LogP contribution in [-0.4, -0.2) is 62.0 Å². The van der Waals surface area contributed by atoms with Crippen molar-refractivity contribution in [1.29, 1.82) is 0 Å². The second-order valence-corrected chi connectivity index (χ2v) is 9.23. The maximum atomic E-state index is 13.1. The number of rotatable bonds is 9. The van der Waals surface area contributed by atoms with Gasteiger partial charge in [0, 0.05) is 32.2 Å². The molecule has 0 aliphatic carbocycles. The van der Waals surface area contributed by atoms with Crippen molar-refractivity contribution in [2.75, 3.05) is 18.9 Å². The van der Waals surface area contributed by atoms with Crippen molar-refractivity contribution in [3.05, 3.63) is 34.6 Å². The number of ether oxygens (including phenoxy) is 1. The Hall–Kier alpha value is -2.92. The lowest BCUT2D eigenvalue weighted by Crippen LogP contribution is -2.33. The highest BCUT2D eigenvalue weighted by Crippen LogP contribution is 2.21. The summed E-state index contributed by atoms with van der Waals surface area (Å²) in [5.74, 6) is 0.256. The summed E-state index contributed by atoms with van der Waals surface area (Å²) < 4.78 is 8.78. The Kier molecular flexibility index (Phi) is 7.29. The predicted octanol–water partition coefficient (Wildman–Crippen LogP) is 1.35. The van der Waals surface area contributed by atoms with Crippen LogP contribution in [0, 0.1) is 0 Å². The maximum absolute atomic E-state index is 13.1. The van der Waals surface area contributed by atoms with Crippen molar-refractivity contribution in [2.45, 2.75) is 57.0 Å². The number of hydrogen-bond acceptors (Lipinski definition) is 7. The molecule has 33 heavy (non-hydrogen) atoms. The van der Waals surface area contributed by atoms with E-state index in [-0.39, 0.29) is 48.2 Å². The van der Waals surface area contributed by atoms with E-state index in [2.05, 4.69) is 20.8 Å². The molecule has 1 aliphatic rings. The average molecular weight is 473 g/mol. The summed E-state index contributed by atoms with van der Waals surface area (Å²) in [7, 11) is 0. The minimum Gasteiger partial charge on any atom is -0.376 e. The fraction of sp³-hybridized carbons (Fsp3) is 0.500. The van der Waals surface area contributed by atoms with Crippen molar-refractivity contribution >= 4 is 40.3 Å². The summed E-state index contributed by atoms with van der Waals surface area (Å²) >= 11 is 1.25. The van der Waals surface area contributed by atoms with Gasteiger partial charge >= 0.3 is 0 Å². The number of benzene rings is 1. The van der Waals surface area contributed by atoms with Gasteiger partial charge in [0.15, 0.2) is 5.16 Å². The number of nitrogens with one attached hydrogen (secondary N) is 2. The maximum Gasteiger partial charge on any atom is 0.262 e. The molecule has 0 saturated carbocycles. The van der Waals surface area contributed by atoms with Gasteiger partial charge in [-0.15, -0.1) is 10.2 Å². The molecule has 1 atom stereocenters. The molecule has 3 aromatic rings. The molecular weight excluding hydrogens is 444 g/mol. The second-order valence-electron chi connectivity index (χ2n) is 8.29. The van der Waals surface area contributed by atoms with Gasteiger partial charge in [0.25, 0.3) is 5.56 Å². The van der Waals surface area contributed by atoms with Crippen LogP contribution in [0.25, 0.3) is 16.7 Å². The molecule has 1 fully saturated rings. The Morgan fingerprint density at radius 1 is 1.24 bits per heavy atom. The van der Waals surface area contributed by atoms with E-state index >= 15 is 0 Å². The molecule has 0 spiro atoms. The summed E-state index contributed by atoms with van der Waals surface area (Å²) in [6.07, 6.45) is 2.21. The van der Waals surface area contributed by atoms with Crippen molar-refractivity contribution in [3.63, 3.8) is 0 Å². The molecule has 0 bridgehead atoms. The molecule has 1 aliphatic heterocycles. The highest BCUT2D eigenvalue weighted by molar-refractivity contribution is 7.99. The lowest BCUT2D eigenvalue weighted by molar-refractivity contribution is -0.122. The molecule has 3 heterocycles. The van der Waals surface area contributed by atoms with E-state index in [0.717, 1.165) is 19.4 Å². The number of carbonyl (C=O) groups excluding carboxylic acids is 2. The van der Waals surface area contributed by atoms with E-state index in [0.29, 0.717) is 28.4 Å². The van der Waals surface area contributed by atoms with Crippen LogP contribution in [0.2, 0.25) is 0 Å². The van der Waals surface area contributed by atoms with Gasteiger partial charge < -0.3 is 15.4 Å². The van der Waals surface area contributed by atoms with Gasteiger partial charge in [-0.1, -0.05) is 23.9 Å². The summed E-state index contributed by atoms with van der Waals surface area (Å²) in [6, 6.07) is 7.22. The van der Waals surface area contributed by atoms with E-state index in [1.807, 2.05) is 26.0 Å². The number of hydrogen-bond donors (Lipinski definition) is 2. The van der Waals surface area contributed by atoms with E-state index in [4.69, 9.17) is 4.74 Å². The smallest absolute Gasteiger partial charge is 0.262 e. The summed E-state index contributed by atoms with van der Waals surface area (Å²) in [5.41, 5.74) is 0.432. The molecular formula is C22H28N6O4S. The van der Waals surface area contributed by atoms with Crippen LogP contribution in [0.4, 0.5) is 0 Å². The van der Waals surface area contributed by atoms with E-state index in [1.54, 1.807) is 16.5 Å². The second kappa shape index (κ2) is 10.3. The minimum atomic E-state index is -0.228. The van der Waals surface area contributed by atoms with Crippen LogP contribution < -0.4 is 16.2 Å². The zero-order valence-electron chi connectivity index (χ0n) is 18.7. The molecule has 4 rings (SSSR count). The highest BCUT2D eigenvalue weighted by atomic mass is 32.2. The number of amides is 2. The van der Waals surface area contributed by atoms with Crippen molar-refractivity contribution < 1.29 is 14.3 Å². The van der Waals surface area contributed by atoms with E-state index in [9.17, 15) is 14.4 Å². The molecule has 176 valence electrons. The van der Waals surface area contributed by atoms with Gasteiger partial charge in [-0.25, -0.2) is 0 Å². The number of aryl methyl sites for hydroxylation is 1. The predicted molar refractivity (Wildman–Crippen MR) is 125 cm³/mol. The Balaban J connectivity index is 1.57. The fourth-order valence-electron chi connectivity index (χ4n) is 3.85. The Labute approximate surface area is 195 Å². The number of thioether (sulfide) groups is 1. The van der Waals surface area contributed by atoms with Crippen LogP contribution >= 0.6 is 11.8 Å². The standard InChI is InChI=1S/C22H28N6O4S/c1-14(2)24-18(29)9-10-27-20(31)16-7-3-4-8-17(16)28-21(27)25-26-22(28)33-13-19(30)23-12-15-6-5-11-32-15/h3-4,7-8,14-15H,5-6,9-13H2,1-2H3,(H,23,30)(H,24,29)/t15-/m1/s1. The van der Waals surface area contributed by atoms with Gasteiger partial charge in [-0.05, 0) is 38.8 Å². The lowest BCUT2D eigenvalue weighted by Gasteiger charge is -2.12. The van der Waals surface area contributed by atoms with Gasteiger partial charge in [0.2, 0.25) is 17.6 Å². The van der Waals surface area contributed by atoms with Crippen LogP contribution in [0.5, 0.6) is 0 Å². The summed E-state index contributed by atoms with van der Waals surface area (Å²) in [6.45, 7) is 5.20. The topological polar surface area (TPSA) is 120 Å². The van der Waals surface area contributed by atoms with Gasteiger partial charge in [0.1, 0.15) is 0 Å². The largest absolute Gasteiger partial charge is 0.376 e. The third kappa shape index (κ3) is 5.36. The van der Waals surface area contributed by atoms with Gasteiger partial charge in [-0.2, -0.15) is 0 Å². The number of nitrogens with zero attached hydrogens (tertiary/aromatic N) is 4. The molecule has 2 N–H and O–H groups in total. The molecule has 2 amide bonds. The minimum absolute atomic E-state index is 0.0216. The van der Waals surface area contributed by atoms with Gasteiger partial charge in [-0.3, -0.25) is 23.4 Å². The first-order valence-corrected chi connectivity index (χ1v) is 12.1. The van der Waals surface area contributed by atoms with Gasteiger partial charge in [0.05, 0.1) is 22.8 Å². The molecule has 0 radical (unpaired) electrons. The van der Waals surface area contributed by atoms with Crippen molar-refractivity contribution in [1.82, 2.24) is 29.8 Å². The van der Waals surface area contributed by atoms with E-state index < -0.39 is 0 Å². The van der Waals surface area contributed by atoms with Crippen LogP contribution in [-0.2, 0) is 20.9 Å². The lowest BCUT2D eigenvalue weighted by atomic mass is 10.2. The molecule has 1 aromatic carbocycles. The molecule has 1 saturated heterocycles. The Morgan fingerprint density at radius 3 is 2.82 bits per heavy atom. The Bertz CT molecular complexity index is 1210. The number of aromatic nitrogens is 4. The molecule has 2 aromatic heterocycles. The van der Waals surface area contributed by atoms with Crippen LogP contribution in [0.15, 0.2) is 34.2 Å². The highest BCUT2D eigenvalue weighted by Gasteiger charge is 2.19. The van der Waals surface area contributed by atoms with Crippen LogP contribution in [0.1, 0.15) is 33.1 Å². The summed E-state index contributed by atoms with van der Waals surface area (Å²) in [5, 5.41) is 15.2. The van der Waals surface area contributed by atoms with Crippen molar-refractivity contribution in [3.8, 4) is 0 Å².